The maximum Gasteiger partial charge on any atom is 0.227 e. The molecule has 1 fully saturated rings. The minimum Gasteiger partial charge on any atom is -0.441 e. The molecule has 4 rings (SSSR count). The highest BCUT2D eigenvalue weighted by Gasteiger charge is 2.24. The van der Waals surface area contributed by atoms with Gasteiger partial charge in [-0.2, -0.15) is 4.98 Å². The third kappa shape index (κ3) is 3.84. The molecule has 1 saturated heterocycles. The number of aryl methyl sites for hydroxylation is 3. The van der Waals surface area contributed by atoms with Gasteiger partial charge >= 0.3 is 0 Å². The van der Waals surface area contributed by atoms with Crippen molar-refractivity contribution in [3.63, 3.8) is 0 Å². The summed E-state index contributed by atoms with van der Waals surface area (Å²) in [6.07, 6.45) is 2.83. The molecule has 0 N–H and O–H groups in total. The minimum absolute atomic E-state index is 0.124. The zero-order valence-corrected chi connectivity index (χ0v) is 15.0. The molecular weight excluding hydrogens is 332 g/mol. The molecule has 1 aliphatic rings. The van der Waals surface area contributed by atoms with Crippen LogP contribution in [0, 0.1) is 6.92 Å². The van der Waals surface area contributed by atoms with Gasteiger partial charge in [0.15, 0.2) is 11.7 Å². The van der Waals surface area contributed by atoms with Crippen LogP contribution in [0.2, 0.25) is 0 Å². The summed E-state index contributed by atoms with van der Waals surface area (Å²) in [5, 5.41) is 4.06. The SMILES string of the molecule is Cc1ccc(-c2cnc(CCc3nc([C@H]4CN(C)CCO4)no3)o2)cc1. The van der Waals surface area contributed by atoms with E-state index in [1.54, 1.807) is 6.20 Å². The van der Waals surface area contributed by atoms with Crippen molar-refractivity contribution < 1.29 is 13.7 Å². The summed E-state index contributed by atoms with van der Waals surface area (Å²) >= 11 is 0. The Kier molecular flexibility index (Phi) is 4.81. The van der Waals surface area contributed by atoms with E-state index in [-0.39, 0.29) is 6.10 Å². The Hall–Kier alpha value is -2.51. The fourth-order valence-corrected chi connectivity index (χ4v) is 2.93. The van der Waals surface area contributed by atoms with E-state index in [2.05, 4.69) is 46.1 Å². The molecule has 0 spiro atoms. The van der Waals surface area contributed by atoms with Gasteiger partial charge in [0.1, 0.15) is 6.10 Å². The van der Waals surface area contributed by atoms with E-state index in [0.717, 1.165) is 24.4 Å². The largest absolute Gasteiger partial charge is 0.441 e. The number of hydrogen-bond acceptors (Lipinski definition) is 7. The van der Waals surface area contributed by atoms with E-state index < -0.39 is 0 Å². The number of benzene rings is 1. The predicted molar refractivity (Wildman–Crippen MR) is 94.6 cm³/mol. The first-order valence-corrected chi connectivity index (χ1v) is 8.82. The molecule has 3 aromatic rings. The predicted octanol–water partition coefficient (Wildman–Crippen LogP) is 2.82. The lowest BCUT2D eigenvalue weighted by Crippen LogP contribution is -2.35. The van der Waals surface area contributed by atoms with Crippen molar-refractivity contribution in [2.45, 2.75) is 25.9 Å². The van der Waals surface area contributed by atoms with Gasteiger partial charge in [-0.05, 0) is 14.0 Å². The summed E-state index contributed by atoms with van der Waals surface area (Å²) in [4.78, 5) is 11.0. The number of morpholine rings is 1. The quantitative estimate of drug-likeness (QED) is 0.697. The van der Waals surface area contributed by atoms with Crippen molar-refractivity contribution in [3.05, 3.63) is 53.6 Å². The van der Waals surface area contributed by atoms with E-state index in [0.29, 0.717) is 37.1 Å². The molecule has 0 saturated carbocycles. The van der Waals surface area contributed by atoms with Crippen LogP contribution >= 0.6 is 0 Å². The van der Waals surface area contributed by atoms with Gasteiger partial charge in [0.05, 0.1) is 12.8 Å². The van der Waals surface area contributed by atoms with Crippen molar-refractivity contribution in [1.82, 2.24) is 20.0 Å². The first-order chi connectivity index (χ1) is 12.7. The Morgan fingerprint density at radius 2 is 1.96 bits per heavy atom. The lowest BCUT2D eigenvalue weighted by Gasteiger charge is -2.27. The van der Waals surface area contributed by atoms with Crippen LogP contribution in [0.4, 0.5) is 0 Å². The Balaban J connectivity index is 1.37. The van der Waals surface area contributed by atoms with Gasteiger partial charge < -0.3 is 18.6 Å². The van der Waals surface area contributed by atoms with Gasteiger partial charge in [0, 0.05) is 31.5 Å². The highest BCUT2D eigenvalue weighted by Crippen LogP contribution is 2.22. The van der Waals surface area contributed by atoms with Crippen molar-refractivity contribution in [2.75, 3.05) is 26.7 Å². The van der Waals surface area contributed by atoms with Crippen LogP contribution < -0.4 is 0 Å². The highest BCUT2D eigenvalue weighted by molar-refractivity contribution is 5.56. The molecule has 26 heavy (non-hydrogen) atoms. The number of hydrogen-bond donors (Lipinski definition) is 0. The number of rotatable bonds is 5. The molecule has 1 aromatic carbocycles. The number of oxazole rings is 1. The fraction of sp³-hybridized carbons (Fsp3) is 0.421. The summed E-state index contributed by atoms with van der Waals surface area (Å²) < 4.78 is 16.9. The number of aromatic nitrogens is 3. The second-order valence-corrected chi connectivity index (χ2v) is 6.65. The Morgan fingerprint density at radius 3 is 2.77 bits per heavy atom. The highest BCUT2D eigenvalue weighted by atomic mass is 16.5. The van der Waals surface area contributed by atoms with E-state index >= 15 is 0 Å². The van der Waals surface area contributed by atoms with E-state index in [4.69, 9.17) is 13.7 Å². The first kappa shape index (κ1) is 16.9. The molecule has 0 bridgehead atoms. The van der Waals surface area contributed by atoms with E-state index in [1.165, 1.54) is 5.56 Å². The molecule has 2 aromatic heterocycles. The van der Waals surface area contributed by atoms with Crippen LogP contribution in [0.15, 0.2) is 39.4 Å². The van der Waals surface area contributed by atoms with Crippen molar-refractivity contribution in [1.29, 1.82) is 0 Å². The molecule has 3 heterocycles. The average molecular weight is 354 g/mol. The second kappa shape index (κ2) is 7.39. The zero-order valence-electron chi connectivity index (χ0n) is 15.0. The molecule has 0 aliphatic carbocycles. The van der Waals surface area contributed by atoms with Gasteiger partial charge in [-0.25, -0.2) is 4.98 Å². The van der Waals surface area contributed by atoms with Crippen LogP contribution in [0.3, 0.4) is 0 Å². The van der Waals surface area contributed by atoms with Crippen molar-refractivity contribution in [2.24, 2.45) is 0 Å². The fourth-order valence-electron chi connectivity index (χ4n) is 2.93. The number of likely N-dealkylation sites (N-methyl/N-ethyl adjacent to an activating group) is 1. The summed E-state index contributed by atoms with van der Waals surface area (Å²) in [7, 11) is 2.06. The molecule has 7 heteroatoms. The standard InChI is InChI=1S/C19H22N4O3/c1-13-3-5-14(6-4-13)15-11-20-17(25-15)7-8-18-21-19(22-26-18)16-12-23(2)9-10-24-16/h3-6,11,16H,7-10,12H2,1-2H3/t16-/m1/s1. The Bertz CT molecular complexity index is 856. The lowest BCUT2D eigenvalue weighted by molar-refractivity contribution is -0.0264. The van der Waals surface area contributed by atoms with Crippen LogP contribution in [-0.2, 0) is 17.6 Å². The molecule has 1 atom stereocenters. The molecule has 0 unspecified atom stereocenters. The normalized spacial score (nSPS) is 18.3. The molecule has 0 amide bonds. The monoisotopic (exact) mass is 354 g/mol. The molecule has 1 aliphatic heterocycles. The summed E-state index contributed by atoms with van der Waals surface area (Å²) in [6, 6.07) is 8.18. The number of nitrogens with zero attached hydrogens (tertiary/aromatic N) is 4. The van der Waals surface area contributed by atoms with Crippen molar-refractivity contribution >= 4 is 0 Å². The van der Waals surface area contributed by atoms with E-state index in [1.807, 2.05) is 12.1 Å². The lowest BCUT2D eigenvalue weighted by atomic mass is 10.1. The molecule has 7 nitrogen and oxygen atoms in total. The van der Waals surface area contributed by atoms with Crippen LogP contribution in [-0.4, -0.2) is 46.8 Å². The molecule has 136 valence electrons. The first-order valence-electron chi connectivity index (χ1n) is 8.82. The number of ether oxygens (including phenoxy) is 1. The third-order valence-corrected chi connectivity index (χ3v) is 4.48. The third-order valence-electron chi connectivity index (χ3n) is 4.48. The molecule has 0 radical (unpaired) electrons. The average Bonchev–Trinajstić information content (AvgIpc) is 3.30. The molecular formula is C19H22N4O3. The van der Waals surface area contributed by atoms with Crippen LogP contribution in [0.1, 0.15) is 29.3 Å². The van der Waals surface area contributed by atoms with Gasteiger partial charge in [-0.1, -0.05) is 35.0 Å². The van der Waals surface area contributed by atoms with Gasteiger partial charge in [-0.3, -0.25) is 0 Å². The maximum absolute atomic E-state index is 5.84. The summed E-state index contributed by atoms with van der Waals surface area (Å²) in [5.74, 6) is 2.62. The second-order valence-electron chi connectivity index (χ2n) is 6.65. The van der Waals surface area contributed by atoms with Crippen molar-refractivity contribution in [3.8, 4) is 11.3 Å². The van der Waals surface area contributed by atoms with Crippen LogP contribution in [0.25, 0.3) is 11.3 Å². The topological polar surface area (TPSA) is 77.4 Å². The smallest absolute Gasteiger partial charge is 0.227 e. The Morgan fingerprint density at radius 1 is 1.15 bits per heavy atom. The Labute approximate surface area is 152 Å². The van der Waals surface area contributed by atoms with E-state index in [9.17, 15) is 0 Å². The zero-order chi connectivity index (χ0) is 17.9. The minimum atomic E-state index is -0.124. The van der Waals surface area contributed by atoms with Crippen LogP contribution in [0.5, 0.6) is 0 Å². The maximum atomic E-state index is 5.84. The van der Waals surface area contributed by atoms with Gasteiger partial charge in [0.2, 0.25) is 11.7 Å². The van der Waals surface area contributed by atoms with Gasteiger partial charge in [0.25, 0.3) is 0 Å². The van der Waals surface area contributed by atoms with Gasteiger partial charge in [-0.15, -0.1) is 0 Å². The summed E-state index contributed by atoms with van der Waals surface area (Å²) in [6.45, 7) is 4.45. The summed E-state index contributed by atoms with van der Waals surface area (Å²) in [5.41, 5.74) is 2.24.